The van der Waals surface area contributed by atoms with Crippen LogP contribution >= 0.6 is 0 Å². The first kappa shape index (κ1) is 24.5. The summed E-state index contributed by atoms with van der Waals surface area (Å²) >= 11 is 0. The van der Waals surface area contributed by atoms with Crippen molar-refractivity contribution in [3.63, 3.8) is 0 Å². The topological polar surface area (TPSA) is 135 Å². The summed E-state index contributed by atoms with van der Waals surface area (Å²) in [5.41, 5.74) is 1.54. The van der Waals surface area contributed by atoms with Crippen molar-refractivity contribution in [2.75, 3.05) is 31.6 Å². The molecule has 0 spiro atoms. The molecular formula is C22H27N3O7S. The highest BCUT2D eigenvalue weighted by Crippen LogP contribution is 2.22. The van der Waals surface area contributed by atoms with E-state index in [9.17, 15) is 22.8 Å². The van der Waals surface area contributed by atoms with Crippen molar-refractivity contribution in [3.05, 3.63) is 46.8 Å². The lowest BCUT2D eigenvalue weighted by atomic mass is 10.1. The molecule has 3 rings (SSSR count). The van der Waals surface area contributed by atoms with Crippen LogP contribution < -0.4 is 5.32 Å². The fourth-order valence-corrected chi connectivity index (χ4v) is 5.17. The Morgan fingerprint density at radius 1 is 1.03 bits per heavy atom. The number of carbonyl (C=O) groups excluding carboxylic acids is 3. The van der Waals surface area contributed by atoms with Crippen LogP contribution in [0.3, 0.4) is 0 Å². The number of ether oxygens (including phenoxy) is 2. The van der Waals surface area contributed by atoms with Crippen molar-refractivity contribution < 1.29 is 32.3 Å². The molecule has 178 valence electrons. The maximum atomic E-state index is 12.6. The predicted octanol–water partition coefficient (Wildman–Crippen LogP) is 2.39. The van der Waals surface area contributed by atoms with Crippen LogP contribution in [-0.2, 0) is 24.3 Å². The van der Waals surface area contributed by atoms with Gasteiger partial charge in [-0.3, -0.25) is 4.79 Å². The fraction of sp³-hybridized carbons (Fsp3) is 0.409. The lowest BCUT2D eigenvalue weighted by molar-refractivity contribution is -0.119. The zero-order valence-corrected chi connectivity index (χ0v) is 19.6. The van der Waals surface area contributed by atoms with E-state index in [4.69, 9.17) is 9.47 Å². The molecule has 0 aliphatic carbocycles. The molecule has 2 aromatic rings. The van der Waals surface area contributed by atoms with E-state index in [2.05, 4.69) is 10.3 Å². The first-order valence-electron chi connectivity index (χ1n) is 10.6. The number of H-pyrrole nitrogens is 1. The van der Waals surface area contributed by atoms with Gasteiger partial charge in [-0.1, -0.05) is 0 Å². The SMILES string of the molecule is CCOC(=O)c1c(C)[nH]c(C(=O)OCC(=O)Nc2ccc(S(=O)(=O)N3CCCC3)cc2)c1C. The Morgan fingerprint density at radius 2 is 1.67 bits per heavy atom. The minimum atomic E-state index is -3.54. The van der Waals surface area contributed by atoms with E-state index in [1.165, 1.54) is 28.6 Å². The van der Waals surface area contributed by atoms with Crippen LogP contribution in [0, 0.1) is 13.8 Å². The summed E-state index contributed by atoms with van der Waals surface area (Å²) in [7, 11) is -3.54. The Bertz CT molecular complexity index is 1150. The van der Waals surface area contributed by atoms with Crippen LogP contribution in [0.15, 0.2) is 29.2 Å². The number of benzene rings is 1. The minimum absolute atomic E-state index is 0.0693. The van der Waals surface area contributed by atoms with Gasteiger partial charge >= 0.3 is 11.9 Å². The molecule has 1 aromatic heterocycles. The molecule has 1 aliphatic heterocycles. The molecule has 1 fully saturated rings. The quantitative estimate of drug-likeness (QED) is 0.557. The Morgan fingerprint density at radius 3 is 2.27 bits per heavy atom. The molecule has 33 heavy (non-hydrogen) atoms. The maximum Gasteiger partial charge on any atom is 0.355 e. The van der Waals surface area contributed by atoms with E-state index in [0.29, 0.717) is 30.0 Å². The van der Waals surface area contributed by atoms with Crippen molar-refractivity contribution in [2.45, 2.75) is 38.5 Å². The first-order chi connectivity index (χ1) is 15.6. The molecule has 11 heteroatoms. The number of esters is 2. The third-order valence-corrected chi connectivity index (χ3v) is 7.21. The maximum absolute atomic E-state index is 12.6. The molecule has 0 atom stereocenters. The van der Waals surface area contributed by atoms with Crippen LogP contribution in [0.5, 0.6) is 0 Å². The van der Waals surface area contributed by atoms with Crippen molar-refractivity contribution in [1.29, 1.82) is 0 Å². The molecule has 2 heterocycles. The minimum Gasteiger partial charge on any atom is -0.462 e. The highest BCUT2D eigenvalue weighted by Gasteiger charge is 2.27. The number of amides is 1. The van der Waals surface area contributed by atoms with Gasteiger partial charge < -0.3 is 19.8 Å². The molecule has 0 unspecified atom stereocenters. The van der Waals surface area contributed by atoms with Crippen LogP contribution in [0.2, 0.25) is 0 Å². The average Bonchev–Trinajstić information content (AvgIpc) is 3.41. The molecule has 1 amide bonds. The van der Waals surface area contributed by atoms with E-state index >= 15 is 0 Å². The zero-order valence-electron chi connectivity index (χ0n) is 18.8. The molecule has 0 bridgehead atoms. The standard InChI is InChI=1S/C22H27N3O7S/c1-4-31-21(27)19-14(2)20(23-15(19)3)22(28)32-13-18(26)24-16-7-9-17(10-8-16)33(29,30)25-11-5-6-12-25/h7-10,23H,4-6,11-13H2,1-3H3,(H,24,26). The molecule has 10 nitrogen and oxygen atoms in total. The summed E-state index contributed by atoms with van der Waals surface area (Å²) < 4.78 is 36.6. The zero-order chi connectivity index (χ0) is 24.2. The summed E-state index contributed by atoms with van der Waals surface area (Å²) in [6, 6.07) is 5.81. The number of nitrogens with one attached hydrogen (secondary N) is 2. The van der Waals surface area contributed by atoms with Gasteiger partial charge in [-0.2, -0.15) is 4.31 Å². The van der Waals surface area contributed by atoms with Crippen molar-refractivity contribution >= 4 is 33.6 Å². The van der Waals surface area contributed by atoms with Crippen LogP contribution in [0.25, 0.3) is 0 Å². The number of hydrogen-bond acceptors (Lipinski definition) is 7. The number of anilines is 1. The Labute approximate surface area is 192 Å². The average molecular weight is 478 g/mol. The summed E-state index contributed by atoms with van der Waals surface area (Å²) in [6.45, 7) is 5.57. The molecule has 0 radical (unpaired) electrons. The van der Waals surface area contributed by atoms with Gasteiger partial charge in [-0.05, 0) is 63.4 Å². The number of aryl methyl sites for hydroxylation is 1. The second-order valence-electron chi connectivity index (χ2n) is 7.61. The number of sulfonamides is 1. The van der Waals surface area contributed by atoms with E-state index < -0.39 is 34.5 Å². The normalized spacial score (nSPS) is 14.2. The van der Waals surface area contributed by atoms with E-state index in [1.54, 1.807) is 20.8 Å². The Balaban J connectivity index is 1.58. The summed E-state index contributed by atoms with van der Waals surface area (Å²) in [4.78, 5) is 39.6. The molecule has 1 aliphatic rings. The monoisotopic (exact) mass is 477 g/mol. The Hall–Kier alpha value is -3.18. The predicted molar refractivity (Wildman–Crippen MR) is 120 cm³/mol. The third-order valence-electron chi connectivity index (χ3n) is 5.30. The fourth-order valence-electron chi connectivity index (χ4n) is 3.65. The van der Waals surface area contributed by atoms with Crippen LogP contribution in [0.4, 0.5) is 5.69 Å². The van der Waals surface area contributed by atoms with Gasteiger partial charge in [0.2, 0.25) is 10.0 Å². The largest absolute Gasteiger partial charge is 0.462 e. The van der Waals surface area contributed by atoms with Gasteiger partial charge in [0.1, 0.15) is 5.69 Å². The summed E-state index contributed by atoms with van der Waals surface area (Å²) in [5.74, 6) is -1.92. The van der Waals surface area contributed by atoms with Gasteiger partial charge in [-0.15, -0.1) is 0 Å². The number of rotatable bonds is 8. The molecule has 0 saturated carbocycles. The van der Waals surface area contributed by atoms with Crippen LogP contribution in [-0.4, -0.2) is 61.9 Å². The first-order valence-corrected chi connectivity index (χ1v) is 12.0. The summed E-state index contributed by atoms with van der Waals surface area (Å²) in [5, 5.41) is 2.55. The molecule has 2 N–H and O–H groups in total. The molecule has 1 aromatic carbocycles. The van der Waals surface area contributed by atoms with Crippen LogP contribution in [0.1, 0.15) is 51.9 Å². The van der Waals surface area contributed by atoms with Gasteiger partial charge in [0.25, 0.3) is 5.91 Å². The van der Waals surface area contributed by atoms with E-state index in [-0.39, 0.29) is 22.8 Å². The molecular weight excluding hydrogens is 450 g/mol. The lowest BCUT2D eigenvalue weighted by Gasteiger charge is -2.15. The van der Waals surface area contributed by atoms with Gasteiger partial charge in [0, 0.05) is 24.5 Å². The smallest absolute Gasteiger partial charge is 0.355 e. The second-order valence-corrected chi connectivity index (χ2v) is 9.54. The highest BCUT2D eigenvalue weighted by atomic mass is 32.2. The Kier molecular flexibility index (Phi) is 7.54. The summed E-state index contributed by atoms with van der Waals surface area (Å²) in [6.07, 6.45) is 1.69. The number of carbonyl (C=O) groups is 3. The lowest BCUT2D eigenvalue weighted by Crippen LogP contribution is -2.27. The second kappa shape index (κ2) is 10.2. The number of aromatic nitrogens is 1. The van der Waals surface area contributed by atoms with Gasteiger partial charge in [0.05, 0.1) is 17.1 Å². The third kappa shape index (κ3) is 5.42. The number of aromatic amines is 1. The van der Waals surface area contributed by atoms with Gasteiger partial charge in [-0.25, -0.2) is 18.0 Å². The highest BCUT2D eigenvalue weighted by molar-refractivity contribution is 7.89. The number of hydrogen-bond donors (Lipinski definition) is 2. The van der Waals surface area contributed by atoms with Crippen molar-refractivity contribution in [3.8, 4) is 0 Å². The van der Waals surface area contributed by atoms with Crippen molar-refractivity contribution in [2.24, 2.45) is 0 Å². The molecule has 1 saturated heterocycles. The van der Waals surface area contributed by atoms with Crippen molar-refractivity contribution in [1.82, 2.24) is 9.29 Å². The van der Waals surface area contributed by atoms with Gasteiger partial charge in [0.15, 0.2) is 6.61 Å². The van der Waals surface area contributed by atoms with E-state index in [1.807, 2.05) is 0 Å². The van der Waals surface area contributed by atoms with E-state index in [0.717, 1.165) is 12.8 Å². The number of nitrogens with zero attached hydrogens (tertiary/aromatic N) is 1.